The molecule has 27 heavy (non-hydrogen) atoms. The number of aromatic nitrogens is 2. The number of H-pyrrole nitrogens is 1. The van der Waals surface area contributed by atoms with Crippen LogP contribution in [0.5, 0.6) is 0 Å². The van der Waals surface area contributed by atoms with Crippen LogP contribution in [0.15, 0.2) is 65.4 Å². The van der Waals surface area contributed by atoms with Crippen LogP contribution in [-0.4, -0.2) is 45.7 Å². The van der Waals surface area contributed by atoms with Crippen LogP contribution in [0.4, 0.5) is 0 Å². The Morgan fingerprint density at radius 2 is 2.07 bits per heavy atom. The minimum atomic E-state index is -0.346. The summed E-state index contributed by atoms with van der Waals surface area (Å²) in [4.78, 5) is 18.4. The Morgan fingerprint density at radius 1 is 1.26 bits per heavy atom. The number of likely N-dealkylation sites (N-methyl/N-ethyl adjacent to an activating group) is 1. The molecule has 0 fully saturated rings. The van der Waals surface area contributed by atoms with Crippen molar-refractivity contribution < 1.29 is 9.90 Å². The number of aliphatic hydroxyl groups is 1. The molecule has 3 aromatic rings. The summed E-state index contributed by atoms with van der Waals surface area (Å²) in [5.74, 6) is 0.216. The van der Waals surface area contributed by atoms with Crippen molar-refractivity contribution in [2.24, 2.45) is 4.99 Å². The molecule has 0 spiro atoms. The van der Waals surface area contributed by atoms with Crippen LogP contribution in [0.2, 0.25) is 0 Å². The molecular formula is C20H19N5O2. The highest BCUT2D eigenvalue weighted by Crippen LogP contribution is 2.21. The van der Waals surface area contributed by atoms with Gasteiger partial charge in [0.15, 0.2) is 0 Å². The average Bonchev–Trinajstić information content (AvgIpc) is 3.27. The summed E-state index contributed by atoms with van der Waals surface area (Å²) < 4.78 is 0. The third-order valence-corrected chi connectivity index (χ3v) is 4.52. The number of aliphatic hydroxyl groups excluding tert-OH is 1. The molecule has 3 N–H and O–H groups in total. The number of carbonyl (C=O) groups is 1. The number of amides is 1. The zero-order valence-electron chi connectivity index (χ0n) is 14.8. The SMILES string of the molecule is CN1C(=O)/C(=C/c2ccc3[nH]ncc3c2)N=C1N[C@@H](CO)c1ccccc1. The number of guanidine groups is 1. The highest BCUT2D eigenvalue weighted by Gasteiger charge is 2.28. The molecule has 7 heteroatoms. The molecule has 1 atom stereocenters. The summed E-state index contributed by atoms with van der Waals surface area (Å²) >= 11 is 0. The Balaban J connectivity index is 1.61. The molecule has 7 nitrogen and oxygen atoms in total. The normalized spacial score (nSPS) is 16.8. The molecule has 0 saturated carbocycles. The Morgan fingerprint density at radius 3 is 2.85 bits per heavy atom. The second-order valence-electron chi connectivity index (χ2n) is 6.34. The minimum absolute atomic E-state index is 0.110. The van der Waals surface area contributed by atoms with Gasteiger partial charge in [-0.1, -0.05) is 36.4 Å². The van der Waals surface area contributed by atoms with Crippen molar-refractivity contribution in [3.8, 4) is 0 Å². The number of nitrogens with zero attached hydrogens (tertiary/aromatic N) is 3. The molecule has 4 rings (SSSR count). The number of aliphatic imine (C=N–C) groups is 1. The van der Waals surface area contributed by atoms with Crippen molar-refractivity contribution >= 4 is 28.8 Å². The third kappa shape index (κ3) is 3.32. The van der Waals surface area contributed by atoms with E-state index in [9.17, 15) is 9.90 Å². The predicted molar refractivity (Wildman–Crippen MR) is 104 cm³/mol. The smallest absolute Gasteiger partial charge is 0.279 e. The summed E-state index contributed by atoms with van der Waals surface area (Å²) in [5.41, 5.74) is 3.07. The molecular weight excluding hydrogens is 342 g/mol. The van der Waals surface area contributed by atoms with Gasteiger partial charge >= 0.3 is 0 Å². The van der Waals surface area contributed by atoms with E-state index >= 15 is 0 Å². The number of hydrogen-bond acceptors (Lipinski definition) is 5. The van der Waals surface area contributed by atoms with Crippen molar-refractivity contribution in [2.75, 3.05) is 13.7 Å². The van der Waals surface area contributed by atoms with Crippen LogP contribution in [0.25, 0.3) is 17.0 Å². The zero-order chi connectivity index (χ0) is 18.8. The number of aromatic amines is 1. The van der Waals surface area contributed by atoms with Gasteiger partial charge in [0, 0.05) is 12.4 Å². The first-order valence-electron chi connectivity index (χ1n) is 8.59. The number of fused-ring (bicyclic) bond motifs is 1. The van der Waals surface area contributed by atoms with E-state index in [0.717, 1.165) is 22.0 Å². The quantitative estimate of drug-likeness (QED) is 0.620. The van der Waals surface area contributed by atoms with E-state index in [2.05, 4.69) is 20.5 Å². The summed E-state index contributed by atoms with van der Waals surface area (Å²) in [6, 6.07) is 15.0. The molecule has 2 heterocycles. The van der Waals surface area contributed by atoms with Crippen molar-refractivity contribution in [1.29, 1.82) is 0 Å². The fourth-order valence-corrected chi connectivity index (χ4v) is 3.01. The lowest BCUT2D eigenvalue weighted by Crippen LogP contribution is -2.41. The van der Waals surface area contributed by atoms with E-state index in [4.69, 9.17) is 0 Å². The van der Waals surface area contributed by atoms with Gasteiger partial charge in [-0.25, -0.2) is 4.99 Å². The van der Waals surface area contributed by atoms with Gasteiger partial charge in [-0.05, 0) is 29.3 Å². The Bertz CT molecular complexity index is 1040. The highest BCUT2D eigenvalue weighted by atomic mass is 16.3. The van der Waals surface area contributed by atoms with Crippen molar-refractivity contribution in [1.82, 2.24) is 20.4 Å². The molecule has 2 aromatic carbocycles. The van der Waals surface area contributed by atoms with Gasteiger partial charge in [0.2, 0.25) is 5.96 Å². The molecule has 0 aliphatic carbocycles. The fraction of sp³-hybridized carbons (Fsp3) is 0.150. The number of hydrogen-bond donors (Lipinski definition) is 3. The summed E-state index contributed by atoms with van der Waals surface area (Å²) in [6.45, 7) is -0.110. The van der Waals surface area contributed by atoms with E-state index in [1.54, 1.807) is 19.3 Å². The van der Waals surface area contributed by atoms with E-state index in [0.29, 0.717) is 11.7 Å². The molecule has 1 aliphatic heterocycles. The van der Waals surface area contributed by atoms with E-state index < -0.39 is 0 Å². The maximum atomic E-state index is 12.6. The molecule has 1 amide bonds. The minimum Gasteiger partial charge on any atom is -0.394 e. The first kappa shape index (κ1) is 17.0. The number of rotatable bonds is 4. The Hall–Kier alpha value is -3.45. The van der Waals surface area contributed by atoms with Gasteiger partial charge in [0.25, 0.3) is 5.91 Å². The Kier molecular flexibility index (Phi) is 4.43. The molecule has 0 radical (unpaired) electrons. The van der Waals surface area contributed by atoms with Crippen molar-refractivity contribution in [3.63, 3.8) is 0 Å². The third-order valence-electron chi connectivity index (χ3n) is 4.52. The van der Waals surface area contributed by atoms with E-state index in [1.165, 1.54) is 4.90 Å². The second kappa shape index (κ2) is 7.05. The van der Waals surface area contributed by atoms with Gasteiger partial charge in [0.1, 0.15) is 5.70 Å². The molecule has 136 valence electrons. The average molecular weight is 361 g/mol. The summed E-state index contributed by atoms with van der Waals surface area (Å²) in [5, 5.41) is 20.8. The first-order chi connectivity index (χ1) is 13.2. The van der Waals surface area contributed by atoms with Crippen LogP contribution in [0.3, 0.4) is 0 Å². The van der Waals surface area contributed by atoms with Gasteiger partial charge in [-0.15, -0.1) is 0 Å². The van der Waals surface area contributed by atoms with Crippen LogP contribution in [0, 0.1) is 0 Å². The maximum absolute atomic E-state index is 12.6. The van der Waals surface area contributed by atoms with Gasteiger partial charge in [-0.2, -0.15) is 5.10 Å². The zero-order valence-corrected chi connectivity index (χ0v) is 14.8. The first-order valence-corrected chi connectivity index (χ1v) is 8.59. The summed E-state index contributed by atoms with van der Waals surface area (Å²) in [7, 11) is 1.66. The monoisotopic (exact) mass is 361 g/mol. The topological polar surface area (TPSA) is 93.6 Å². The van der Waals surface area contributed by atoms with Crippen molar-refractivity contribution in [3.05, 3.63) is 71.6 Å². The lowest BCUT2D eigenvalue weighted by Gasteiger charge is -2.20. The van der Waals surface area contributed by atoms with Gasteiger partial charge in [0.05, 0.1) is 24.4 Å². The molecule has 0 saturated heterocycles. The van der Waals surface area contributed by atoms with Crippen molar-refractivity contribution in [2.45, 2.75) is 6.04 Å². The van der Waals surface area contributed by atoms with Crippen LogP contribution >= 0.6 is 0 Å². The second-order valence-corrected chi connectivity index (χ2v) is 6.34. The largest absolute Gasteiger partial charge is 0.394 e. The van der Waals surface area contributed by atoms with Crippen LogP contribution < -0.4 is 5.32 Å². The number of carbonyl (C=O) groups excluding carboxylic acids is 1. The number of benzene rings is 2. The highest BCUT2D eigenvalue weighted by molar-refractivity contribution is 6.13. The number of nitrogens with one attached hydrogen (secondary N) is 2. The Labute approximate surface area is 156 Å². The van der Waals surface area contributed by atoms with Crippen LogP contribution in [0.1, 0.15) is 17.2 Å². The van der Waals surface area contributed by atoms with Gasteiger partial charge < -0.3 is 10.4 Å². The molecule has 0 bridgehead atoms. The van der Waals surface area contributed by atoms with E-state index in [-0.39, 0.29) is 18.6 Å². The molecule has 1 aliphatic rings. The summed E-state index contributed by atoms with van der Waals surface area (Å²) in [6.07, 6.45) is 3.48. The van der Waals surface area contributed by atoms with Gasteiger partial charge in [-0.3, -0.25) is 14.8 Å². The predicted octanol–water partition coefficient (Wildman–Crippen LogP) is 2.05. The van der Waals surface area contributed by atoms with Crippen LogP contribution in [-0.2, 0) is 4.79 Å². The lowest BCUT2D eigenvalue weighted by atomic mass is 10.1. The lowest BCUT2D eigenvalue weighted by molar-refractivity contribution is -0.121. The van der Waals surface area contributed by atoms with E-state index in [1.807, 2.05) is 48.5 Å². The molecule has 0 unspecified atom stereocenters. The maximum Gasteiger partial charge on any atom is 0.279 e. The fourth-order valence-electron chi connectivity index (χ4n) is 3.01. The molecule has 1 aromatic heterocycles. The standard InChI is InChI=1S/C20H19N5O2/c1-25-19(27)17(10-13-7-8-16-15(9-13)11-21-24-16)22-20(25)23-18(12-26)14-5-3-2-4-6-14/h2-11,18,26H,12H2,1H3,(H,21,24)(H,22,23)/b17-10-/t18-/m0/s1.